The lowest BCUT2D eigenvalue weighted by atomic mass is 10.2. The molecule has 2 rings (SSSR count). The molecule has 0 unspecified atom stereocenters. The Labute approximate surface area is 121 Å². The van der Waals surface area contributed by atoms with Crippen LogP contribution in [0.15, 0.2) is 30.6 Å². The van der Waals surface area contributed by atoms with E-state index >= 15 is 0 Å². The molecule has 0 aliphatic heterocycles. The summed E-state index contributed by atoms with van der Waals surface area (Å²) in [6.45, 7) is 2.15. The number of aromatic amines is 1. The number of pyridine rings is 1. The molecule has 0 fully saturated rings. The average molecular weight is 288 g/mol. The Hall–Kier alpha value is -2.83. The fraction of sp³-hybridized carbons (Fsp3) is 0.214. The van der Waals surface area contributed by atoms with Crippen molar-refractivity contribution < 1.29 is 14.7 Å². The molecule has 0 radical (unpaired) electrons. The molecule has 2 aromatic rings. The van der Waals surface area contributed by atoms with Crippen LogP contribution in [-0.2, 0) is 6.42 Å². The maximum absolute atomic E-state index is 11.7. The number of hydrogen-bond donors (Lipinski definition) is 4. The summed E-state index contributed by atoms with van der Waals surface area (Å²) in [5.41, 5.74) is 1.90. The van der Waals surface area contributed by atoms with Crippen molar-refractivity contribution in [2.75, 3.05) is 11.9 Å². The molecule has 2 aromatic heterocycles. The normalized spacial score (nSPS) is 10.1. The molecule has 0 aliphatic rings. The molecule has 0 saturated carbocycles. The molecule has 7 nitrogen and oxygen atoms in total. The van der Waals surface area contributed by atoms with Crippen LogP contribution in [0, 0.1) is 6.92 Å². The SMILES string of the molecule is Cc1cc(NC(=O)NCCc2cccnc2)c(C(=O)O)[nH]1. The molecule has 2 heterocycles. The first-order valence-electron chi connectivity index (χ1n) is 6.43. The van der Waals surface area contributed by atoms with Crippen molar-refractivity contribution in [1.82, 2.24) is 15.3 Å². The second kappa shape index (κ2) is 6.56. The van der Waals surface area contributed by atoms with Crippen LogP contribution in [0.1, 0.15) is 21.7 Å². The third-order valence-electron chi connectivity index (χ3n) is 2.84. The molecular formula is C14H16N4O3. The van der Waals surface area contributed by atoms with E-state index in [2.05, 4.69) is 20.6 Å². The topological polar surface area (TPSA) is 107 Å². The Kier molecular flexibility index (Phi) is 4.55. The Morgan fingerprint density at radius 3 is 2.90 bits per heavy atom. The van der Waals surface area contributed by atoms with Crippen LogP contribution in [0.5, 0.6) is 0 Å². The highest BCUT2D eigenvalue weighted by Crippen LogP contribution is 2.16. The number of carboxylic acid groups (broad SMARTS) is 1. The van der Waals surface area contributed by atoms with Crippen LogP contribution in [-0.4, -0.2) is 33.6 Å². The lowest BCUT2D eigenvalue weighted by Crippen LogP contribution is -2.30. The summed E-state index contributed by atoms with van der Waals surface area (Å²) in [5.74, 6) is -1.12. The number of hydrogen-bond acceptors (Lipinski definition) is 3. The fourth-order valence-corrected chi connectivity index (χ4v) is 1.89. The zero-order valence-electron chi connectivity index (χ0n) is 11.5. The highest BCUT2D eigenvalue weighted by molar-refractivity contribution is 5.99. The number of H-pyrrole nitrogens is 1. The summed E-state index contributed by atoms with van der Waals surface area (Å²) in [7, 11) is 0. The number of aryl methyl sites for hydroxylation is 1. The molecule has 0 saturated heterocycles. The highest BCUT2D eigenvalue weighted by atomic mass is 16.4. The molecule has 0 atom stereocenters. The van der Waals surface area contributed by atoms with E-state index in [1.54, 1.807) is 25.4 Å². The molecule has 7 heteroatoms. The molecule has 0 spiro atoms. The third kappa shape index (κ3) is 4.07. The van der Waals surface area contributed by atoms with Crippen molar-refractivity contribution in [1.29, 1.82) is 0 Å². The van der Waals surface area contributed by atoms with Gasteiger partial charge in [0.15, 0.2) is 0 Å². The van der Waals surface area contributed by atoms with Gasteiger partial charge in [0, 0.05) is 24.6 Å². The van der Waals surface area contributed by atoms with Gasteiger partial charge in [0.05, 0.1) is 5.69 Å². The number of aromatic nitrogens is 2. The number of anilines is 1. The number of nitrogens with zero attached hydrogens (tertiary/aromatic N) is 1. The number of nitrogens with one attached hydrogen (secondary N) is 3. The number of amides is 2. The number of carboxylic acids is 1. The van der Waals surface area contributed by atoms with Gasteiger partial charge < -0.3 is 20.7 Å². The van der Waals surface area contributed by atoms with Gasteiger partial charge in [0.2, 0.25) is 0 Å². The Morgan fingerprint density at radius 2 is 2.24 bits per heavy atom. The van der Waals surface area contributed by atoms with Crippen molar-refractivity contribution in [2.24, 2.45) is 0 Å². The first kappa shape index (κ1) is 14.6. The lowest BCUT2D eigenvalue weighted by molar-refractivity contribution is 0.0692. The van der Waals surface area contributed by atoms with Crippen LogP contribution < -0.4 is 10.6 Å². The van der Waals surface area contributed by atoms with E-state index in [9.17, 15) is 9.59 Å². The standard InChI is InChI=1S/C14H16N4O3/c1-9-7-11(12(17-9)13(19)20)18-14(21)16-6-4-10-3-2-5-15-8-10/h2-3,5,7-8,17H,4,6H2,1H3,(H,19,20)(H2,16,18,21). The van der Waals surface area contributed by atoms with Gasteiger partial charge in [0.1, 0.15) is 5.69 Å². The molecular weight excluding hydrogens is 272 g/mol. The number of urea groups is 1. The zero-order chi connectivity index (χ0) is 15.2. The van der Waals surface area contributed by atoms with E-state index in [1.165, 1.54) is 0 Å². The van der Waals surface area contributed by atoms with Crippen molar-refractivity contribution in [3.63, 3.8) is 0 Å². The summed E-state index contributed by atoms with van der Waals surface area (Å²) in [6.07, 6.45) is 4.07. The number of aromatic carboxylic acids is 1. The second-order valence-electron chi connectivity index (χ2n) is 4.54. The first-order chi connectivity index (χ1) is 10.1. The monoisotopic (exact) mass is 288 g/mol. The number of carbonyl (C=O) groups excluding carboxylic acids is 1. The van der Waals surface area contributed by atoms with E-state index in [0.717, 1.165) is 5.56 Å². The van der Waals surface area contributed by atoms with Gasteiger partial charge in [-0.3, -0.25) is 4.98 Å². The number of carbonyl (C=O) groups is 2. The zero-order valence-corrected chi connectivity index (χ0v) is 11.5. The maximum Gasteiger partial charge on any atom is 0.354 e. The van der Waals surface area contributed by atoms with Crippen molar-refractivity contribution >= 4 is 17.7 Å². The van der Waals surface area contributed by atoms with Gasteiger partial charge in [-0.05, 0) is 31.0 Å². The van der Waals surface area contributed by atoms with Crippen molar-refractivity contribution in [3.05, 3.63) is 47.5 Å². The van der Waals surface area contributed by atoms with E-state index < -0.39 is 12.0 Å². The maximum atomic E-state index is 11.7. The van der Waals surface area contributed by atoms with Gasteiger partial charge >= 0.3 is 12.0 Å². The third-order valence-corrected chi connectivity index (χ3v) is 2.84. The van der Waals surface area contributed by atoms with Gasteiger partial charge in [0.25, 0.3) is 0 Å². The minimum absolute atomic E-state index is 0.0325. The molecule has 2 amide bonds. The molecule has 0 aliphatic carbocycles. The van der Waals surface area contributed by atoms with Gasteiger partial charge in [-0.25, -0.2) is 9.59 Å². The highest BCUT2D eigenvalue weighted by Gasteiger charge is 2.14. The Bertz CT molecular complexity index is 637. The first-order valence-corrected chi connectivity index (χ1v) is 6.43. The minimum Gasteiger partial charge on any atom is -0.477 e. The summed E-state index contributed by atoms with van der Waals surface area (Å²) in [4.78, 5) is 29.4. The van der Waals surface area contributed by atoms with Crippen LogP contribution in [0.25, 0.3) is 0 Å². The molecule has 0 aromatic carbocycles. The number of rotatable bonds is 5. The van der Waals surface area contributed by atoms with E-state index in [1.807, 2.05) is 12.1 Å². The summed E-state index contributed by atoms with van der Waals surface area (Å²) in [5, 5.41) is 14.2. The predicted octanol–water partition coefficient (Wildman–Crippen LogP) is 1.78. The minimum atomic E-state index is -1.12. The quantitative estimate of drug-likeness (QED) is 0.672. The molecule has 4 N–H and O–H groups in total. The fourth-order valence-electron chi connectivity index (χ4n) is 1.89. The molecule has 0 bridgehead atoms. The molecule has 110 valence electrons. The van der Waals surface area contributed by atoms with Gasteiger partial charge in [-0.15, -0.1) is 0 Å². The summed E-state index contributed by atoms with van der Waals surface area (Å²) >= 11 is 0. The van der Waals surface area contributed by atoms with Crippen LogP contribution >= 0.6 is 0 Å². The van der Waals surface area contributed by atoms with Gasteiger partial charge in [-0.1, -0.05) is 6.07 Å². The van der Waals surface area contributed by atoms with E-state index in [4.69, 9.17) is 5.11 Å². The summed E-state index contributed by atoms with van der Waals surface area (Å²) in [6, 6.07) is 4.88. The van der Waals surface area contributed by atoms with E-state index in [-0.39, 0.29) is 11.4 Å². The van der Waals surface area contributed by atoms with Crippen molar-refractivity contribution in [3.8, 4) is 0 Å². The van der Waals surface area contributed by atoms with Crippen LogP contribution in [0.3, 0.4) is 0 Å². The summed E-state index contributed by atoms with van der Waals surface area (Å²) < 4.78 is 0. The average Bonchev–Trinajstić information content (AvgIpc) is 2.81. The van der Waals surface area contributed by atoms with Gasteiger partial charge in [-0.2, -0.15) is 0 Å². The van der Waals surface area contributed by atoms with E-state index in [0.29, 0.717) is 18.7 Å². The second-order valence-corrected chi connectivity index (χ2v) is 4.54. The lowest BCUT2D eigenvalue weighted by Gasteiger charge is -2.07. The van der Waals surface area contributed by atoms with Crippen LogP contribution in [0.4, 0.5) is 10.5 Å². The van der Waals surface area contributed by atoms with Crippen molar-refractivity contribution in [2.45, 2.75) is 13.3 Å². The molecule has 21 heavy (non-hydrogen) atoms. The Balaban J connectivity index is 1.86. The Morgan fingerprint density at radius 1 is 1.43 bits per heavy atom. The smallest absolute Gasteiger partial charge is 0.354 e. The predicted molar refractivity (Wildman–Crippen MR) is 77.5 cm³/mol. The van der Waals surface area contributed by atoms with Crippen LogP contribution in [0.2, 0.25) is 0 Å². The largest absolute Gasteiger partial charge is 0.477 e.